The van der Waals surface area contributed by atoms with Crippen LogP contribution in [0.15, 0.2) is 24.3 Å². The first-order valence-electron chi connectivity index (χ1n) is 6.01. The van der Waals surface area contributed by atoms with Crippen LogP contribution in [0.5, 0.6) is 0 Å². The van der Waals surface area contributed by atoms with Gasteiger partial charge in [0, 0.05) is 12.1 Å². The summed E-state index contributed by atoms with van der Waals surface area (Å²) in [5.41, 5.74) is 7.29. The molecule has 0 aliphatic rings. The second kappa shape index (κ2) is 7.38. The van der Waals surface area contributed by atoms with Crippen molar-refractivity contribution in [1.29, 1.82) is 0 Å². The summed E-state index contributed by atoms with van der Waals surface area (Å²) in [5, 5.41) is 20.3. The molecule has 0 bridgehead atoms. The van der Waals surface area contributed by atoms with Gasteiger partial charge in [0.2, 0.25) is 0 Å². The van der Waals surface area contributed by atoms with Crippen molar-refractivity contribution in [3.05, 3.63) is 29.8 Å². The van der Waals surface area contributed by atoms with Crippen LogP contribution in [-0.2, 0) is 16.0 Å². The Morgan fingerprint density at radius 1 is 1.21 bits per heavy atom. The maximum absolute atomic E-state index is 10.9. The number of carbonyl (C=O) groups is 2. The van der Waals surface area contributed by atoms with Crippen LogP contribution in [0.4, 0.5) is 5.69 Å². The molecule has 0 radical (unpaired) electrons. The van der Waals surface area contributed by atoms with E-state index in [2.05, 4.69) is 5.32 Å². The second-order valence-corrected chi connectivity index (χ2v) is 4.27. The van der Waals surface area contributed by atoms with Gasteiger partial charge in [0.1, 0.15) is 6.04 Å². The largest absolute Gasteiger partial charge is 0.481 e. The van der Waals surface area contributed by atoms with Gasteiger partial charge in [0.05, 0.1) is 0 Å². The number of nitrogen functional groups attached to an aromatic ring is 1. The van der Waals surface area contributed by atoms with E-state index in [1.54, 1.807) is 12.1 Å². The highest BCUT2D eigenvalue weighted by Crippen LogP contribution is 2.06. The predicted molar refractivity (Wildman–Crippen MR) is 70.9 cm³/mol. The predicted octanol–water partition coefficient (Wildman–Crippen LogP) is 0.719. The van der Waals surface area contributed by atoms with E-state index in [0.717, 1.165) is 5.56 Å². The van der Waals surface area contributed by atoms with E-state index in [-0.39, 0.29) is 12.8 Å². The first-order chi connectivity index (χ1) is 8.99. The van der Waals surface area contributed by atoms with E-state index in [1.807, 2.05) is 12.1 Å². The number of nitrogens with two attached hydrogens (primary N) is 1. The summed E-state index contributed by atoms with van der Waals surface area (Å²) in [6.45, 7) is 0.473. The van der Waals surface area contributed by atoms with Crippen LogP contribution in [0.3, 0.4) is 0 Å². The molecular formula is C13H18N2O4. The lowest BCUT2D eigenvalue weighted by Gasteiger charge is -2.13. The molecule has 0 unspecified atom stereocenters. The topological polar surface area (TPSA) is 113 Å². The molecular weight excluding hydrogens is 248 g/mol. The lowest BCUT2D eigenvalue weighted by molar-refractivity contribution is -0.140. The number of hydrogen-bond acceptors (Lipinski definition) is 4. The van der Waals surface area contributed by atoms with E-state index in [1.165, 1.54) is 0 Å². The van der Waals surface area contributed by atoms with Gasteiger partial charge in [-0.2, -0.15) is 0 Å². The number of carboxylic acids is 2. The van der Waals surface area contributed by atoms with Gasteiger partial charge >= 0.3 is 11.9 Å². The Kier molecular flexibility index (Phi) is 5.81. The van der Waals surface area contributed by atoms with E-state index >= 15 is 0 Å². The van der Waals surface area contributed by atoms with E-state index in [9.17, 15) is 9.59 Å². The number of nitrogens with one attached hydrogen (secondary N) is 1. The summed E-state index contributed by atoms with van der Waals surface area (Å²) in [4.78, 5) is 21.3. The molecule has 1 rings (SSSR count). The molecule has 19 heavy (non-hydrogen) atoms. The lowest BCUT2D eigenvalue weighted by Crippen LogP contribution is -2.38. The summed E-state index contributed by atoms with van der Waals surface area (Å²) in [5.74, 6) is -2.02. The summed E-state index contributed by atoms with van der Waals surface area (Å²) in [6, 6.07) is 6.50. The third kappa shape index (κ3) is 5.87. The lowest BCUT2D eigenvalue weighted by atomic mass is 10.1. The maximum atomic E-state index is 10.9. The Morgan fingerprint density at radius 2 is 1.84 bits per heavy atom. The number of benzene rings is 1. The molecule has 6 heteroatoms. The normalized spacial score (nSPS) is 12.0. The minimum Gasteiger partial charge on any atom is -0.481 e. The van der Waals surface area contributed by atoms with Crippen molar-refractivity contribution >= 4 is 17.6 Å². The van der Waals surface area contributed by atoms with Crippen molar-refractivity contribution in [2.24, 2.45) is 0 Å². The molecule has 5 N–H and O–H groups in total. The molecule has 0 heterocycles. The standard InChI is InChI=1S/C13H18N2O4/c14-10-3-1-9(2-4-10)7-8-15-11(13(18)19)5-6-12(16)17/h1-4,11,15H,5-8,14H2,(H,16,17)(H,18,19)/t11-/m0/s1. The smallest absolute Gasteiger partial charge is 0.320 e. The Bertz CT molecular complexity index is 431. The van der Waals surface area contributed by atoms with E-state index in [4.69, 9.17) is 15.9 Å². The molecule has 1 atom stereocenters. The van der Waals surface area contributed by atoms with Crippen molar-refractivity contribution in [2.75, 3.05) is 12.3 Å². The summed E-state index contributed by atoms with van der Waals surface area (Å²) < 4.78 is 0. The molecule has 0 aromatic heterocycles. The fourth-order valence-electron chi connectivity index (χ4n) is 1.66. The van der Waals surface area contributed by atoms with Crippen LogP contribution < -0.4 is 11.1 Å². The zero-order valence-corrected chi connectivity index (χ0v) is 10.5. The highest BCUT2D eigenvalue weighted by atomic mass is 16.4. The highest BCUT2D eigenvalue weighted by molar-refractivity contribution is 5.75. The van der Waals surface area contributed by atoms with Crippen molar-refractivity contribution in [2.45, 2.75) is 25.3 Å². The monoisotopic (exact) mass is 266 g/mol. The molecule has 0 saturated heterocycles. The first kappa shape index (κ1) is 15.0. The molecule has 0 aliphatic heterocycles. The molecule has 1 aromatic carbocycles. The molecule has 104 valence electrons. The highest BCUT2D eigenvalue weighted by Gasteiger charge is 2.17. The van der Waals surface area contributed by atoms with Gasteiger partial charge in [-0.3, -0.25) is 9.59 Å². The van der Waals surface area contributed by atoms with Crippen LogP contribution in [0.2, 0.25) is 0 Å². The zero-order chi connectivity index (χ0) is 14.3. The number of carboxylic acid groups (broad SMARTS) is 2. The van der Waals surface area contributed by atoms with Gasteiger partial charge in [-0.15, -0.1) is 0 Å². The second-order valence-electron chi connectivity index (χ2n) is 4.27. The SMILES string of the molecule is Nc1ccc(CCN[C@@H](CCC(=O)O)C(=O)O)cc1. The van der Waals surface area contributed by atoms with Gasteiger partial charge in [0.25, 0.3) is 0 Å². The molecule has 0 fully saturated rings. The minimum absolute atomic E-state index is 0.0758. The molecule has 1 aromatic rings. The van der Waals surface area contributed by atoms with Crippen molar-refractivity contribution in [3.63, 3.8) is 0 Å². The first-order valence-corrected chi connectivity index (χ1v) is 6.01. The maximum Gasteiger partial charge on any atom is 0.320 e. The van der Waals surface area contributed by atoms with Gasteiger partial charge in [-0.05, 0) is 37.1 Å². The number of aliphatic carboxylic acids is 2. The third-order valence-corrected chi connectivity index (χ3v) is 2.73. The third-order valence-electron chi connectivity index (χ3n) is 2.73. The Balaban J connectivity index is 2.37. The van der Waals surface area contributed by atoms with E-state index in [0.29, 0.717) is 18.7 Å². The van der Waals surface area contributed by atoms with Gasteiger partial charge in [-0.25, -0.2) is 0 Å². The average Bonchev–Trinajstić information content (AvgIpc) is 2.35. The number of rotatable bonds is 8. The fraction of sp³-hybridized carbons (Fsp3) is 0.385. The molecule has 0 amide bonds. The molecule has 0 aliphatic carbocycles. The number of anilines is 1. The van der Waals surface area contributed by atoms with Gasteiger partial charge in [0.15, 0.2) is 0 Å². The molecule has 6 nitrogen and oxygen atoms in total. The zero-order valence-electron chi connectivity index (χ0n) is 10.5. The Hall–Kier alpha value is -2.08. The van der Waals surface area contributed by atoms with Crippen LogP contribution >= 0.6 is 0 Å². The van der Waals surface area contributed by atoms with Crippen molar-refractivity contribution in [1.82, 2.24) is 5.32 Å². The van der Waals surface area contributed by atoms with Crippen molar-refractivity contribution < 1.29 is 19.8 Å². The van der Waals surface area contributed by atoms with Gasteiger partial charge in [-0.1, -0.05) is 12.1 Å². The summed E-state index contributed by atoms with van der Waals surface area (Å²) in [6.07, 6.45) is 0.579. The fourth-order valence-corrected chi connectivity index (χ4v) is 1.66. The van der Waals surface area contributed by atoms with Crippen LogP contribution in [0, 0.1) is 0 Å². The summed E-state index contributed by atoms with van der Waals surface area (Å²) >= 11 is 0. The van der Waals surface area contributed by atoms with E-state index < -0.39 is 18.0 Å². The average molecular weight is 266 g/mol. The minimum atomic E-state index is -1.03. The Morgan fingerprint density at radius 3 is 2.37 bits per heavy atom. The Labute approximate surface area is 111 Å². The van der Waals surface area contributed by atoms with Crippen LogP contribution in [0.25, 0.3) is 0 Å². The number of hydrogen-bond donors (Lipinski definition) is 4. The van der Waals surface area contributed by atoms with Crippen LogP contribution in [0.1, 0.15) is 18.4 Å². The molecule has 0 saturated carbocycles. The molecule has 0 spiro atoms. The van der Waals surface area contributed by atoms with Gasteiger partial charge < -0.3 is 21.3 Å². The quantitative estimate of drug-likeness (QED) is 0.516. The van der Waals surface area contributed by atoms with Crippen molar-refractivity contribution in [3.8, 4) is 0 Å². The summed E-state index contributed by atoms with van der Waals surface area (Å²) in [7, 11) is 0. The van der Waals surface area contributed by atoms with Crippen LogP contribution in [-0.4, -0.2) is 34.7 Å².